The fraction of sp³-hybridized carbons (Fsp3) is 0.412. The lowest BCUT2D eigenvalue weighted by Crippen LogP contribution is -2.29. The summed E-state index contributed by atoms with van der Waals surface area (Å²) < 4.78 is 2.02. The first-order chi connectivity index (χ1) is 10.6. The molecule has 1 aromatic heterocycles. The lowest BCUT2D eigenvalue weighted by molar-refractivity contribution is -0.121. The highest BCUT2D eigenvalue weighted by Gasteiger charge is 2.23. The van der Waals surface area contributed by atoms with Gasteiger partial charge in [-0.3, -0.25) is 4.79 Å². The number of hydrogen-bond acceptors (Lipinski definition) is 3. The van der Waals surface area contributed by atoms with Crippen molar-refractivity contribution in [2.45, 2.75) is 45.2 Å². The minimum absolute atomic E-state index is 0. The molecule has 0 aliphatic heterocycles. The van der Waals surface area contributed by atoms with Gasteiger partial charge in [0.05, 0.1) is 17.9 Å². The second kappa shape index (κ2) is 7.62. The normalized spacial score (nSPS) is 14.0. The molecule has 1 aliphatic carbocycles. The van der Waals surface area contributed by atoms with E-state index in [0.717, 1.165) is 30.6 Å². The number of nitrogens with zero attached hydrogens (tertiary/aromatic N) is 2. The van der Waals surface area contributed by atoms with Gasteiger partial charge in [-0.1, -0.05) is 18.2 Å². The Morgan fingerprint density at radius 2 is 2.09 bits per heavy atom. The summed E-state index contributed by atoms with van der Waals surface area (Å²) in [5.74, 6) is -0.0176. The molecule has 0 saturated carbocycles. The van der Waals surface area contributed by atoms with E-state index in [0.29, 0.717) is 13.0 Å². The third-order valence-corrected chi connectivity index (χ3v) is 3.97. The molecule has 3 rings (SSSR count). The summed E-state index contributed by atoms with van der Waals surface area (Å²) in [6.45, 7) is 2.31. The Labute approximate surface area is 142 Å². The predicted molar refractivity (Wildman–Crippen MR) is 93.0 cm³/mol. The van der Waals surface area contributed by atoms with Gasteiger partial charge in [0, 0.05) is 18.2 Å². The van der Waals surface area contributed by atoms with Gasteiger partial charge in [0.1, 0.15) is 0 Å². The summed E-state index contributed by atoms with van der Waals surface area (Å²) >= 11 is 0. The minimum Gasteiger partial charge on any atom is -0.350 e. The summed E-state index contributed by atoms with van der Waals surface area (Å²) in [4.78, 5) is 11.8. The van der Waals surface area contributed by atoms with E-state index >= 15 is 0 Å². The molecular weight excluding hydrogens is 312 g/mol. The van der Waals surface area contributed by atoms with Crippen molar-refractivity contribution in [1.29, 1.82) is 0 Å². The predicted octanol–water partition coefficient (Wildman–Crippen LogP) is 2.14. The number of rotatable bonds is 5. The third-order valence-electron chi connectivity index (χ3n) is 3.97. The van der Waals surface area contributed by atoms with Crippen molar-refractivity contribution in [3.05, 3.63) is 47.3 Å². The zero-order valence-corrected chi connectivity index (χ0v) is 14.1. The molecule has 1 heterocycles. The Hall–Kier alpha value is -1.85. The van der Waals surface area contributed by atoms with Crippen LogP contribution in [0.4, 0.5) is 0 Å². The van der Waals surface area contributed by atoms with E-state index in [9.17, 15) is 4.79 Å². The van der Waals surface area contributed by atoms with Crippen LogP contribution >= 0.6 is 12.4 Å². The second-order valence-corrected chi connectivity index (χ2v) is 5.93. The van der Waals surface area contributed by atoms with Crippen molar-refractivity contribution in [1.82, 2.24) is 15.1 Å². The first-order valence-electron chi connectivity index (χ1n) is 7.82. The summed E-state index contributed by atoms with van der Waals surface area (Å²) in [5.41, 5.74) is 10.3. The van der Waals surface area contributed by atoms with Crippen molar-refractivity contribution in [2.75, 3.05) is 0 Å². The largest absolute Gasteiger partial charge is 0.350 e. The number of hydrogen-bond donors (Lipinski definition) is 2. The first-order valence-corrected chi connectivity index (χ1v) is 7.82. The van der Waals surface area contributed by atoms with Crippen LogP contribution < -0.4 is 11.1 Å². The van der Waals surface area contributed by atoms with Gasteiger partial charge in [-0.05, 0) is 43.9 Å². The number of nitrogens with one attached hydrogen (secondary N) is 1. The molecule has 1 aliphatic rings. The van der Waals surface area contributed by atoms with E-state index in [1.54, 1.807) is 0 Å². The summed E-state index contributed by atoms with van der Waals surface area (Å²) in [6.07, 6.45) is 3.59. The monoisotopic (exact) mass is 334 g/mol. The summed E-state index contributed by atoms with van der Waals surface area (Å²) in [7, 11) is 0. The summed E-state index contributed by atoms with van der Waals surface area (Å²) in [5, 5.41) is 7.65. The molecule has 0 spiro atoms. The molecule has 3 N–H and O–H groups in total. The molecule has 1 amide bonds. The van der Waals surface area contributed by atoms with Crippen LogP contribution in [0.25, 0.3) is 5.69 Å². The van der Waals surface area contributed by atoms with Crippen molar-refractivity contribution < 1.29 is 4.79 Å². The van der Waals surface area contributed by atoms with E-state index in [1.165, 1.54) is 11.3 Å². The maximum absolute atomic E-state index is 11.8. The van der Waals surface area contributed by atoms with Crippen molar-refractivity contribution in [3.63, 3.8) is 0 Å². The number of para-hydroxylation sites is 1. The number of carbonyl (C=O) groups excluding carboxylic acids is 1. The van der Waals surface area contributed by atoms with Crippen LogP contribution in [-0.4, -0.2) is 21.7 Å². The van der Waals surface area contributed by atoms with Crippen LogP contribution in [0.1, 0.15) is 36.7 Å². The molecule has 124 valence electrons. The Balaban J connectivity index is 0.00000192. The second-order valence-electron chi connectivity index (χ2n) is 5.93. The number of carbonyl (C=O) groups is 1. The van der Waals surface area contributed by atoms with Crippen LogP contribution in [-0.2, 0) is 24.2 Å². The van der Waals surface area contributed by atoms with Gasteiger partial charge in [0.15, 0.2) is 0 Å². The first kappa shape index (κ1) is 17.5. The van der Waals surface area contributed by atoms with Crippen LogP contribution in [0.15, 0.2) is 30.3 Å². The van der Waals surface area contributed by atoms with Crippen molar-refractivity contribution >= 4 is 18.3 Å². The molecular formula is C17H23ClN4O. The maximum Gasteiger partial charge on any atom is 0.221 e. The Morgan fingerprint density at radius 1 is 1.35 bits per heavy atom. The highest BCUT2D eigenvalue weighted by atomic mass is 35.5. The SMILES string of the molecule is CC(N)CC(=O)NCc1nn(-c2ccccc2)c2c1CCC2.Cl. The number of amides is 1. The van der Waals surface area contributed by atoms with Gasteiger partial charge >= 0.3 is 0 Å². The number of aromatic nitrogens is 2. The Bertz CT molecular complexity index is 667. The molecule has 1 unspecified atom stereocenters. The van der Waals surface area contributed by atoms with Crippen LogP contribution in [0, 0.1) is 0 Å². The molecule has 0 radical (unpaired) electrons. The van der Waals surface area contributed by atoms with E-state index in [4.69, 9.17) is 10.8 Å². The Kier molecular flexibility index (Phi) is 5.80. The van der Waals surface area contributed by atoms with Crippen molar-refractivity contribution in [3.8, 4) is 5.69 Å². The molecule has 1 aromatic carbocycles. The molecule has 2 aromatic rings. The van der Waals surface area contributed by atoms with Crippen LogP contribution in [0.3, 0.4) is 0 Å². The minimum atomic E-state index is -0.118. The van der Waals surface area contributed by atoms with E-state index in [-0.39, 0.29) is 24.4 Å². The highest BCUT2D eigenvalue weighted by Crippen LogP contribution is 2.27. The van der Waals surface area contributed by atoms with Gasteiger partial charge in [0.25, 0.3) is 0 Å². The van der Waals surface area contributed by atoms with Crippen molar-refractivity contribution in [2.24, 2.45) is 5.73 Å². The quantitative estimate of drug-likeness (QED) is 0.879. The van der Waals surface area contributed by atoms with Crippen LogP contribution in [0.5, 0.6) is 0 Å². The average molecular weight is 335 g/mol. The molecule has 1 atom stereocenters. The molecule has 5 nitrogen and oxygen atoms in total. The molecule has 23 heavy (non-hydrogen) atoms. The smallest absolute Gasteiger partial charge is 0.221 e. The van der Waals surface area contributed by atoms with Gasteiger partial charge < -0.3 is 11.1 Å². The average Bonchev–Trinajstić information content (AvgIpc) is 3.08. The number of nitrogens with two attached hydrogens (primary N) is 1. The number of halogens is 1. The standard InChI is InChI=1S/C17H22N4O.ClH/c1-12(18)10-17(22)19-11-15-14-8-5-9-16(14)21(20-15)13-6-3-2-4-7-13;/h2-4,6-7,12H,5,8-11,18H2,1H3,(H,19,22);1H. The van der Waals surface area contributed by atoms with Gasteiger partial charge in [-0.15, -0.1) is 12.4 Å². The third kappa shape index (κ3) is 3.92. The number of fused-ring (bicyclic) bond motifs is 1. The van der Waals surface area contributed by atoms with Crippen LogP contribution in [0.2, 0.25) is 0 Å². The fourth-order valence-corrected chi connectivity index (χ4v) is 2.99. The summed E-state index contributed by atoms with van der Waals surface area (Å²) in [6, 6.07) is 10.0. The zero-order valence-electron chi connectivity index (χ0n) is 13.3. The highest BCUT2D eigenvalue weighted by molar-refractivity contribution is 5.85. The van der Waals surface area contributed by atoms with Gasteiger partial charge in [-0.25, -0.2) is 4.68 Å². The molecule has 0 fully saturated rings. The number of benzene rings is 1. The maximum atomic E-state index is 11.8. The lowest BCUT2D eigenvalue weighted by atomic mass is 10.2. The van der Waals surface area contributed by atoms with Gasteiger partial charge in [0.2, 0.25) is 5.91 Å². The zero-order chi connectivity index (χ0) is 15.5. The van der Waals surface area contributed by atoms with E-state index < -0.39 is 0 Å². The fourth-order valence-electron chi connectivity index (χ4n) is 2.99. The molecule has 6 heteroatoms. The molecule has 0 bridgehead atoms. The molecule has 0 saturated heterocycles. The Morgan fingerprint density at radius 3 is 2.78 bits per heavy atom. The van der Waals surface area contributed by atoms with E-state index in [1.807, 2.05) is 29.8 Å². The lowest BCUT2D eigenvalue weighted by Gasteiger charge is -2.07. The topological polar surface area (TPSA) is 72.9 Å². The van der Waals surface area contributed by atoms with Gasteiger partial charge in [-0.2, -0.15) is 5.10 Å². The van der Waals surface area contributed by atoms with E-state index in [2.05, 4.69) is 17.4 Å².